The van der Waals surface area contributed by atoms with E-state index < -0.39 is 0 Å². The molecule has 0 bridgehead atoms. The van der Waals surface area contributed by atoms with Crippen LogP contribution in [0.3, 0.4) is 0 Å². The number of nitro benzene ring substituents is 1. The summed E-state index contributed by atoms with van der Waals surface area (Å²) in [5.74, 6) is 0. The molecule has 0 heterocycles. The standard InChI is InChI=1S/C15H24N2O3/c1-3-4-5-6-7-10-20-12-13-8-9-14(16-2)15(11-13)17(18)19/h8-9,11,16H,3-7,10,12H2,1-2H3. The Morgan fingerprint density at radius 2 is 2.00 bits per heavy atom. The van der Waals surface area contributed by atoms with E-state index in [1.807, 2.05) is 6.07 Å². The van der Waals surface area contributed by atoms with E-state index in [2.05, 4.69) is 12.2 Å². The Morgan fingerprint density at radius 3 is 2.65 bits per heavy atom. The topological polar surface area (TPSA) is 64.4 Å². The summed E-state index contributed by atoms with van der Waals surface area (Å²) in [6.45, 7) is 3.34. The molecule has 0 radical (unpaired) electrons. The minimum absolute atomic E-state index is 0.0940. The summed E-state index contributed by atoms with van der Waals surface area (Å²) in [5, 5.41) is 13.8. The Kier molecular flexibility index (Phi) is 7.65. The quantitative estimate of drug-likeness (QED) is 0.398. The van der Waals surface area contributed by atoms with E-state index in [0.717, 1.165) is 12.0 Å². The molecule has 0 aromatic heterocycles. The van der Waals surface area contributed by atoms with Crippen LogP contribution in [0.15, 0.2) is 18.2 Å². The Balaban J connectivity index is 2.37. The highest BCUT2D eigenvalue weighted by Crippen LogP contribution is 2.25. The number of nitro groups is 1. The number of anilines is 1. The van der Waals surface area contributed by atoms with Gasteiger partial charge in [0.15, 0.2) is 0 Å². The summed E-state index contributed by atoms with van der Waals surface area (Å²) >= 11 is 0. The number of hydrogen-bond donors (Lipinski definition) is 1. The smallest absolute Gasteiger partial charge is 0.292 e. The van der Waals surface area contributed by atoms with Gasteiger partial charge in [0.25, 0.3) is 5.69 Å². The summed E-state index contributed by atoms with van der Waals surface area (Å²) in [4.78, 5) is 10.6. The van der Waals surface area contributed by atoms with E-state index in [0.29, 0.717) is 18.9 Å². The molecule has 0 saturated heterocycles. The zero-order valence-corrected chi connectivity index (χ0v) is 12.4. The van der Waals surface area contributed by atoms with Gasteiger partial charge in [-0.05, 0) is 18.1 Å². The number of rotatable bonds is 10. The first-order chi connectivity index (χ1) is 9.69. The first kappa shape index (κ1) is 16.4. The minimum atomic E-state index is -0.375. The monoisotopic (exact) mass is 280 g/mol. The molecule has 1 aromatic rings. The van der Waals surface area contributed by atoms with Crippen molar-refractivity contribution in [2.45, 2.75) is 45.6 Å². The second-order valence-electron chi connectivity index (χ2n) is 4.83. The molecule has 0 spiro atoms. The highest BCUT2D eigenvalue weighted by molar-refractivity contribution is 5.62. The van der Waals surface area contributed by atoms with Gasteiger partial charge in [0, 0.05) is 19.7 Å². The van der Waals surface area contributed by atoms with Crippen LogP contribution in [0.25, 0.3) is 0 Å². The summed E-state index contributed by atoms with van der Waals surface area (Å²) in [6.07, 6.45) is 6.01. The fraction of sp³-hybridized carbons (Fsp3) is 0.600. The molecule has 1 aromatic carbocycles. The average Bonchev–Trinajstić information content (AvgIpc) is 2.46. The number of ether oxygens (including phenoxy) is 1. The molecule has 0 aliphatic carbocycles. The lowest BCUT2D eigenvalue weighted by Gasteiger charge is -2.07. The molecule has 0 saturated carbocycles. The van der Waals surface area contributed by atoms with Crippen LogP contribution in [-0.4, -0.2) is 18.6 Å². The molecule has 0 atom stereocenters. The molecule has 0 unspecified atom stereocenters. The Labute approximate surface area is 120 Å². The second-order valence-corrected chi connectivity index (χ2v) is 4.83. The summed E-state index contributed by atoms with van der Waals surface area (Å²) in [7, 11) is 1.68. The van der Waals surface area contributed by atoms with Crippen LogP contribution in [0.5, 0.6) is 0 Å². The van der Waals surface area contributed by atoms with Gasteiger partial charge in [-0.1, -0.05) is 38.7 Å². The molecule has 1 rings (SSSR count). The van der Waals surface area contributed by atoms with Gasteiger partial charge < -0.3 is 10.1 Å². The van der Waals surface area contributed by atoms with Crippen LogP contribution >= 0.6 is 0 Å². The number of hydrogen-bond acceptors (Lipinski definition) is 4. The van der Waals surface area contributed by atoms with Crippen LogP contribution < -0.4 is 5.32 Å². The van der Waals surface area contributed by atoms with E-state index >= 15 is 0 Å². The maximum atomic E-state index is 10.9. The van der Waals surface area contributed by atoms with Crippen LogP contribution in [0, 0.1) is 10.1 Å². The molecule has 0 aliphatic heterocycles. The van der Waals surface area contributed by atoms with E-state index in [9.17, 15) is 10.1 Å². The van der Waals surface area contributed by atoms with Crippen molar-refractivity contribution < 1.29 is 9.66 Å². The maximum Gasteiger partial charge on any atom is 0.292 e. The Bertz CT molecular complexity index is 422. The van der Waals surface area contributed by atoms with Crippen molar-refractivity contribution in [1.29, 1.82) is 0 Å². The first-order valence-electron chi connectivity index (χ1n) is 7.21. The van der Waals surface area contributed by atoms with Crippen molar-refractivity contribution >= 4 is 11.4 Å². The molecule has 1 N–H and O–H groups in total. The van der Waals surface area contributed by atoms with Crippen molar-refractivity contribution in [3.05, 3.63) is 33.9 Å². The van der Waals surface area contributed by atoms with E-state index in [1.165, 1.54) is 25.7 Å². The normalized spacial score (nSPS) is 10.5. The van der Waals surface area contributed by atoms with Crippen molar-refractivity contribution in [1.82, 2.24) is 0 Å². The van der Waals surface area contributed by atoms with Crippen LogP contribution in [-0.2, 0) is 11.3 Å². The second kappa shape index (κ2) is 9.31. The van der Waals surface area contributed by atoms with Gasteiger partial charge in [0.1, 0.15) is 5.69 Å². The molecule has 0 amide bonds. The Morgan fingerprint density at radius 1 is 1.25 bits per heavy atom. The Hall–Kier alpha value is -1.62. The van der Waals surface area contributed by atoms with Gasteiger partial charge in [-0.25, -0.2) is 0 Å². The fourth-order valence-corrected chi connectivity index (χ4v) is 2.03. The van der Waals surface area contributed by atoms with Crippen LogP contribution in [0.4, 0.5) is 11.4 Å². The van der Waals surface area contributed by atoms with Gasteiger partial charge in [0.05, 0.1) is 11.5 Å². The average molecular weight is 280 g/mol. The number of unbranched alkanes of at least 4 members (excludes halogenated alkanes) is 4. The third kappa shape index (κ3) is 5.57. The van der Waals surface area contributed by atoms with Crippen molar-refractivity contribution in [2.24, 2.45) is 0 Å². The zero-order chi connectivity index (χ0) is 14.8. The molecular formula is C15H24N2O3. The van der Waals surface area contributed by atoms with Gasteiger partial charge >= 0.3 is 0 Å². The summed E-state index contributed by atoms with van der Waals surface area (Å²) < 4.78 is 5.57. The largest absolute Gasteiger partial charge is 0.383 e. The van der Waals surface area contributed by atoms with Crippen molar-refractivity contribution in [3.8, 4) is 0 Å². The first-order valence-corrected chi connectivity index (χ1v) is 7.21. The van der Waals surface area contributed by atoms with E-state index in [1.54, 1.807) is 19.2 Å². The molecule has 0 fully saturated rings. The van der Waals surface area contributed by atoms with Gasteiger partial charge in [-0.15, -0.1) is 0 Å². The van der Waals surface area contributed by atoms with Gasteiger partial charge in [-0.2, -0.15) is 0 Å². The molecular weight excluding hydrogens is 256 g/mol. The minimum Gasteiger partial charge on any atom is -0.383 e. The number of nitrogens with zero attached hydrogens (tertiary/aromatic N) is 1. The molecule has 20 heavy (non-hydrogen) atoms. The summed E-state index contributed by atoms with van der Waals surface area (Å²) in [5.41, 5.74) is 1.46. The van der Waals surface area contributed by atoms with Crippen molar-refractivity contribution in [3.63, 3.8) is 0 Å². The highest BCUT2D eigenvalue weighted by Gasteiger charge is 2.13. The highest BCUT2D eigenvalue weighted by atomic mass is 16.6. The molecule has 5 nitrogen and oxygen atoms in total. The lowest BCUT2D eigenvalue weighted by Crippen LogP contribution is -2.00. The fourth-order valence-electron chi connectivity index (χ4n) is 2.03. The lowest BCUT2D eigenvalue weighted by molar-refractivity contribution is -0.384. The van der Waals surface area contributed by atoms with Gasteiger partial charge in [0.2, 0.25) is 0 Å². The molecule has 5 heteroatoms. The lowest BCUT2D eigenvalue weighted by atomic mass is 10.1. The SMILES string of the molecule is CCCCCCCOCc1ccc(NC)c([N+](=O)[O-])c1. The predicted molar refractivity (Wildman–Crippen MR) is 81.1 cm³/mol. The molecule has 112 valence electrons. The zero-order valence-electron chi connectivity index (χ0n) is 12.4. The van der Waals surface area contributed by atoms with Crippen LogP contribution in [0.1, 0.15) is 44.6 Å². The van der Waals surface area contributed by atoms with E-state index in [4.69, 9.17) is 4.74 Å². The third-order valence-electron chi connectivity index (χ3n) is 3.19. The summed E-state index contributed by atoms with van der Waals surface area (Å²) in [6, 6.07) is 5.15. The predicted octanol–water partition coefficient (Wildman–Crippen LogP) is 4.12. The molecule has 0 aliphatic rings. The van der Waals surface area contributed by atoms with E-state index in [-0.39, 0.29) is 10.6 Å². The van der Waals surface area contributed by atoms with Gasteiger partial charge in [-0.3, -0.25) is 10.1 Å². The third-order valence-corrected chi connectivity index (χ3v) is 3.19. The number of benzene rings is 1. The maximum absolute atomic E-state index is 10.9. The van der Waals surface area contributed by atoms with Crippen LogP contribution in [0.2, 0.25) is 0 Å². The van der Waals surface area contributed by atoms with Crippen molar-refractivity contribution in [2.75, 3.05) is 19.0 Å². The number of nitrogens with one attached hydrogen (secondary N) is 1.